The monoisotopic (exact) mass is 434 g/mol. The molecule has 0 aliphatic rings. The van der Waals surface area contributed by atoms with E-state index in [1.54, 1.807) is 18.2 Å². The number of hydrogen-bond acceptors (Lipinski definition) is 2. The van der Waals surface area contributed by atoms with E-state index in [-0.39, 0.29) is 0 Å². The molecule has 3 aromatic rings. The first-order valence-corrected chi connectivity index (χ1v) is 10.9. The summed E-state index contributed by atoms with van der Waals surface area (Å²) in [5, 5.41) is 17.3. The van der Waals surface area contributed by atoms with Gasteiger partial charge in [-0.05, 0) is 73.6 Å². The Morgan fingerprint density at radius 2 is 1.06 bits per heavy atom. The summed E-state index contributed by atoms with van der Waals surface area (Å²) >= 11 is 0. The lowest BCUT2D eigenvalue weighted by Crippen LogP contribution is -1.99. The van der Waals surface area contributed by atoms with E-state index in [1.165, 1.54) is 16.7 Å². The molecule has 4 heteroatoms. The predicted octanol–water partition coefficient (Wildman–Crippen LogP) is 6.76. The quantitative estimate of drug-likeness (QED) is 0.465. The molecule has 0 fully saturated rings. The molecule has 0 saturated carbocycles. The van der Waals surface area contributed by atoms with Crippen molar-refractivity contribution in [1.29, 1.82) is 0 Å². The second kappa shape index (κ2) is 13.8. The van der Waals surface area contributed by atoms with E-state index in [0.717, 1.165) is 30.4 Å². The summed E-state index contributed by atoms with van der Waals surface area (Å²) in [6, 6.07) is 21.0. The summed E-state index contributed by atoms with van der Waals surface area (Å²) in [4.78, 5) is 21.0. The molecule has 2 N–H and O–H groups in total. The fourth-order valence-electron chi connectivity index (χ4n) is 2.89. The Hall–Kier alpha value is -3.40. The van der Waals surface area contributed by atoms with Crippen molar-refractivity contribution in [1.82, 2.24) is 0 Å². The summed E-state index contributed by atoms with van der Waals surface area (Å²) in [5.74, 6) is -1.72. The molecule has 3 rings (SSSR count). The van der Waals surface area contributed by atoms with Gasteiger partial charge in [0.05, 0.1) is 11.1 Å². The molecule has 0 amide bonds. The highest BCUT2D eigenvalue weighted by Crippen LogP contribution is 2.11. The minimum atomic E-state index is -0.868. The Labute approximate surface area is 191 Å². The first-order chi connectivity index (χ1) is 15.2. The van der Waals surface area contributed by atoms with Gasteiger partial charge in [0.2, 0.25) is 0 Å². The normalized spacial score (nSPS) is 9.66. The third-order valence-corrected chi connectivity index (χ3v) is 5.07. The molecular formula is C28H34O4. The van der Waals surface area contributed by atoms with Crippen LogP contribution in [0.15, 0.2) is 66.7 Å². The van der Waals surface area contributed by atoms with Gasteiger partial charge in [0, 0.05) is 0 Å². The molecule has 4 nitrogen and oxygen atoms in total. The molecule has 0 bridgehead atoms. The summed E-state index contributed by atoms with van der Waals surface area (Å²) in [6.45, 7) is 10.2. The highest BCUT2D eigenvalue weighted by molar-refractivity contribution is 5.89. The smallest absolute Gasteiger partial charge is 0.335 e. The van der Waals surface area contributed by atoms with Crippen LogP contribution in [0.1, 0.15) is 69.3 Å². The largest absolute Gasteiger partial charge is 0.478 e. The van der Waals surface area contributed by atoms with E-state index < -0.39 is 11.9 Å². The Morgan fingerprint density at radius 1 is 0.625 bits per heavy atom. The fourth-order valence-corrected chi connectivity index (χ4v) is 2.89. The Balaban J connectivity index is 0.000000242. The molecule has 3 aromatic carbocycles. The second-order valence-electron chi connectivity index (χ2n) is 7.50. The van der Waals surface area contributed by atoms with Gasteiger partial charge in [0.1, 0.15) is 0 Å². The number of carbonyl (C=O) groups is 2. The summed E-state index contributed by atoms with van der Waals surface area (Å²) in [5.41, 5.74) is 6.68. The van der Waals surface area contributed by atoms with Gasteiger partial charge in [-0.3, -0.25) is 0 Å². The van der Waals surface area contributed by atoms with Gasteiger partial charge in [0.15, 0.2) is 0 Å². The molecule has 0 aliphatic heterocycles. The molecule has 170 valence electrons. The number of benzene rings is 3. The van der Waals surface area contributed by atoms with Crippen LogP contribution in [-0.4, -0.2) is 22.2 Å². The molecule has 0 radical (unpaired) electrons. The van der Waals surface area contributed by atoms with E-state index in [2.05, 4.69) is 45.0 Å². The van der Waals surface area contributed by atoms with Crippen LogP contribution in [0.5, 0.6) is 0 Å². The van der Waals surface area contributed by atoms with Crippen LogP contribution in [0.3, 0.4) is 0 Å². The topological polar surface area (TPSA) is 74.6 Å². The Bertz CT molecular complexity index is 987. The second-order valence-corrected chi connectivity index (χ2v) is 7.50. The number of carboxylic acid groups (broad SMARTS) is 2. The van der Waals surface area contributed by atoms with E-state index in [4.69, 9.17) is 10.2 Å². The predicted molar refractivity (Wildman–Crippen MR) is 131 cm³/mol. The van der Waals surface area contributed by atoms with Crippen molar-refractivity contribution < 1.29 is 19.8 Å². The van der Waals surface area contributed by atoms with Crippen LogP contribution in [0.25, 0.3) is 0 Å². The average molecular weight is 435 g/mol. The van der Waals surface area contributed by atoms with Crippen molar-refractivity contribution in [3.63, 3.8) is 0 Å². The lowest BCUT2D eigenvalue weighted by molar-refractivity contribution is 0.0685. The summed E-state index contributed by atoms with van der Waals surface area (Å²) in [6.07, 6.45) is 3.03. The lowest BCUT2D eigenvalue weighted by atomic mass is 10.0. The highest BCUT2D eigenvalue weighted by atomic mass is 16.4. The van der Waals surface area contributed by atoms with Crippen molar-refractivity contribution in [2.75, 3.05) is 0 Å². The molecule has 0 aliphatic carbocycles. The summed E-state index contributed by atoms with van der Waals surface area (Å²) < 4.78 is 0. The first-order valence-electron chi connectivity index (χ1n) is 10.9. The van der Waals surface area contributed by atoms with Gasteiger partial charge in [0.25, 0.3) is 0 Å². The Kier molecular flexibility index (Phi) is 11.5. The zero-order valence-corrected chi connectivity index (χ0v) is 19.7. The first kappa shape index (κ1) is 26.6. The minimum Gasteiger partial charge on any atom is -0.478 e. The third kappa shape index (κ3) is 9.17. The van der Waals surface area contributed by atoms with Crippen LogP contribution in [0.4, 0.5) is 0 Å². The lowest BCUT2D eigenvalue weighted by Gasteiger charge is -2.02. The van der Waals surface area contributed by atoms with E-state index in [1.807, 2.05) is 38.1 Å². The molecule has 32 heavy (non-hydrogen) atoms. The van der Waals surface area contributed by atoms with Gasteiger partial charge >= 0.3 is 11.9 Å². The zero-order valence-electron chi connectivity index (χ0n) is 19.7. The van der Waals surface area contributed by atoms with Crippen LogP contribution < -0.4 is 0 Å². The summed E-state index contributed by atoms with van der Waals surface area (Å²) in [7, 11) is 0. The highest BCUT2D eigenvalue weighted by Gasteiger charge is 2.05. The van der Waals surface area contributed by atoms with Gasteiger partial charge in [-0.15, -0.1) is 0 Å². The van der Waals surface area contributed by atoms with Gasteiger partial charge in [-0.1, -0.05) is 74.9 Å². The average Bonchev–Trinajstić information content (AvgIpc) is 2.80. The van der Waals surface area contributed by atoms with Crippen molar-refractivity contribution in [3.8, 4) is 0 Å². The van der Waals surface area contributed by atoms with E-state index >= 15 is 0 Å². The molecule has 0 spiro atoms. The third-order valence-electron chi connectivity index (χ3n) is 5.07. The molecular weight excluding hydrogens is 400 g/mol. The number of rotatable bonds is 5. The van der Waals surface area contributed by atoms with Crippen molar-refractivity contribution in [2.45, 2.75) is 53.9 Å². The zero-order chi connectivity index (χ0) is 24.1. The van der Waals surface area contributed by atoms with Crippen LogP contribution >= 0.6 is 0 Å². The molecule has 0 heterocycles. The van der Waals surface area contributed by atoms with Crippen LogP contribution in [-0.2, 0) is 19.3 Å². The standard InChI is InChI=1S/C10H12O2.C9H10O2.C9H12/c1-3-8-4-5-9(10(11)12)7(2)6-8;1-2-7-3-5-8(6-4-7)9(10)11;1-3-9-6-4-8(2)5-7-9/h4-6H,3H2,1-2H3,(H,11,12);3-6H,2H2,1H3,(H,10,11);4-7H,3H2,1-2H3. The van der Waals surface area contributed by atoms with Crippen molar-refractivity contribution in [2.24, 2.45) is 0 Å². The van der Waals surface area contributed by atoms with Gasteiger partial charge < -0.3 is 10.2 Å². The SMILES string of the molecule is CCc1ccc(C(=O)O)c(C)c1.CCc1ccc(C(=O)O)cc1.CCc1ccc(C)cc1. The van der Waals surface area contributed by atoms with Crippen LogP contribution in [0, 0.1) is 13.8 Å². The number of carboxylic acids is 2. The van der Waals surface area contributed by atoms with E-state index in [0.29, 0.717) is 11.1 Å². The Morgan fingerprint density at radius 3 is 1.44 bits per heavy atom. The fraction of sp³-hybridized carbons (Fsp3) is 0.286. The van der Waals surface area contributed by atoms with Crippen molar-refractivity contribution >= 4 is 11.9 Å². The van der Waals surface area contributed by atoms with Crippen molar-refractivity contribution in [3.05, 3.63) is 106 Å². The van der Waals surface area contributed by atoms with Gasteiger partial charge in [-0.25, -0.2) is 9.59 Å². The molecule has 0 atom stereocenters. The minimum absolute atomic E-state index is 0.349. The number of aromatic carboxylic acids is 2. The van der Waals surface area contributed by atoms with Crippen LogP contribution in [0.2, 0.25) is 0 Å². The maximum absolute atomic E-state index is 10.6. The number of aryl methyl sites for hydroxylation is 5. The maximum atomic E-state index is 10.6. The molecule has 0 unspecified atom stereocenters. The maximum Gasteiger partial charge on any atom is 0.335 e. The number of hydrogen-bond donors (Lipinski definition) is 2. The van der Waals surface area contributed by atoms with Gasteiger partial charge in [-0.2, -0.15) is 0 Å². The molecule has 0 aromatic heterocycles. The molecule has 0 saturated heterocycles. The van der Waals surface area contributed by atoms with E-state index in [9.17, 15) is 9.59 Å².